The number of rotatable bonds is 6. The standard InChI is InChI=1S/C22H21N5O3S/c1-2-3-6-11-27-22(30)16-8-5-4-7-15(16)19(26-27)21(29)25-24-20(28)14-9-10-17-18(12-14)31-13-23-17/h4-5,7-10,12-13H,2-3,6,11H2,1H3,(H,24,28)(H,25,29). The quantitative estimate of drug-likeness (QED) is 0.357. The molecule has 8 nitrogen and oxygen atoms in total. The molecule has 0 aliphatic carbocycles. The van der Waals surface area contributed by atoms with Crippen molar-refractivity contribution < 1.29 is 9.59 Å². The fourth-order valence-corrected chi connectivity index (χ4v) is 4.02. The number of aryl methyl sites for hydroxylation is 1. The summed E-state index contributed by atoms with van der Waals surface area (Å²) in [6.07, 6.45) is 2.76. The molecule has 0 fully saturated rings. The Hall–Kier alpha value is -3.59. The van der Waals surface area contributed by atoms with Crippen LogP contribution in [0.3, 0.4) is 0 Å². The minimum atomic E-state index is -0.590. The molecule has 0 saturated carbocycles. The predicted octanol–water partition coefficient (Wildman–Crippen LogP) is 3.27. The lowest BCUT2D eigenvalue weighted by molar-refractivity contribution is 0.0843. The van der Waals surface area contributed by atoms with Gasteiger partial charge in [-0.05, 0) is 30.7 Å². The van der Waals surface area contributed by atoms with Crippen molar-refractivity contribution in [3.8, 4) is 0 Å². The Morgan fingerprint density at radius 3 is 2.61 bits per heavy atom. The van der Waals surface area contributed by atoms with Crippen LogP contribution in [0.15, 0.2) is 52.8 Å². The van der Waals surface area contributed by atoms with Crippen LogP contribution >= 0.6 is 11.3 Å². The summed E-state index contributed by atoms with van der Waals surface area (Å²) in [6, 6.07) is 12.0. The first kappa shape index (κ1) is 20.7. The van der Waals surface area contributed by atoms with Crippen LogP contribution in [-0.2, 0) is 6.54 Å². The molecule has 0 radical (unpaired) electrons. The van der Waals surface area contributed by atoms with E-state index in [1.165, 1.54) is 16.0 Å². The molecule has 31 heavy (non-hydrogen) atoms. The smallest absolute Gasteiger partial charge is 0.267 e. The minimum absolute atomic E-state index is 0.0879. The highest BCUT2D eigenvalue weighted by molar-refractivity contribution is 7.16. The fourth-order valence-electron chi connectivity index (χ4n) is 3.31. The van der Waals surface area contributed by atoms with Crippen LogP contribution in [0, 0.1) is 0 Å². The second-order valence-corrected chi connectivity index (χ2v) is 7.96. The van der Waals surface area contributed by atoms with Crippen LogP contribution in [0.1, 0.15) is 47.0 Å². The molecule has 158 valence electrons. The molecule has 0 atom stereocenters. The molecule has 0 unspecified atom stereocenters. The van der Waals surface area contributed by atoms with Crippen molar-refractivity contribution in [2.75, 3.05) is 0 Å². The first-order valence-corrected chi connectivity index (χ1v) is 10.9. The number of hydrazine groups is 1. The summed E-state index contributed by atoms with van der Waals surface area (Å²) in [4.78, 5) is 42.2. The topological polar surface area (TPSA) is 106 Å². The maximum Gasteiger partial charge on any atom is 0.290 e. The van der Waals surface area contributed by atoms with Gasteiger partial charge in [0.15, 0.2) is 5.69 Å². The lowest BCUT2D eigenvalue weighted by atomic mass is 10.1. The predicted molar refractivity (Wildman–Crippen MR) is 120 cm³/mol. The van der Waals surface area contributed by atoms with Gasteiger partial charge in [-0.1, -0.05) is 38.0 Å². The van der Waals surface area contributed by atoms with Gasteiger partial charge in [0.1, 0.15) is 0 Å². The van der Waals surface area contributed by atoms with E-state index in [0.717, 1.165) is 29.5 Å². The first-order valence-electron chi connectivity index (χ1n) is 10.0. The molecule has 2 N–H and O–H groups in total. The van der Waals surface area contributed by atoms with Gasteiger partial charge in [0, 0.05) is 17.5 Å². The van der Waals surface area contributed by atoms with Gasteiger partial charge in [0.25, 0.3) is 17.4 Å². The second-order valence-electron chi connectivity index (χ2n) is 7.07. The average molecular weight is 436 g/mol. The molecule has 2 aromatic carbocycles. The van der Waals surface area contributed by atoms with E-state index in [1.54, 1.807) is 48.0 Å². The third-order valence-corrected chi connectivity index (χ3v) is 5.73. The highest BCUT2D eigenvalue weighted by Gasteiger charge is 2.17. The molecule has 4 aromatic rings. The molecule has 0 aliphatic heterocycles. The lowest BCUT2D eigenvalue weighted by Gasteiger charge is -2.12. The van der Waals surface area contributed by atoms with Gasteiger partial charge < -0.3 is 0 Å². The largest absolute Gasteiger partial charge is 0.290 e. The minimum Gasteiger partial charge on any atom is -0.267 e. The van der Waals surface area contributed by atoms with Crippen LogP contribution < -0.4 is 16.4 Å². The van der Waals surface area contributed by atoms with Gasteiger partial charge in [0.2, 0.25) is 0 Å². The summed E-state index contributed by atoms with van der Waals surface area (Å²) < 4.78 is 2.21. The number of aromatic nitrogens is 3. The van der Waals surface area contributed by atoms with E-state index in [1.807, 2.05) is 0 Å². The van der Waals surface area contributed by atoms with Crippen LogP contribution in [-0.4, -0.2) is 26.6 Å². The van der Waals surface area contributed by atoms with Gasteiger partial charge in [-0.25, -0.2) is 9.67 Å². The third-order valence-electron chi connectivity index (χ3n) is 4.94. The van der Waals surface area contributed by atoms with E-state index in [2.05, 4.69) is 27.9 Å². The van der Waals surface area contributed by atoms with Crippen LogP contribution in [0.2, 0.25) is 0 Å². The van der Waals surface area contributed by atoms with E-state index in [9.17, 15) is 14.4 Å². The molecular weight excluding hydrogens is 414 g/mol. The normalized spacial score (nSPS) is 11.0. The van der Waals surface area contributed by atoms with Gasteiger partial charge in [-0.2, -0.15) is 5.10 Å². The van der Waals surface area contributed by atoms with E-state index in [0.29, 0.717) is 22.9 Å². The van der Waals surface area contributed by atoms with Crippen molar-refractivity contribution in [2.45, 2.75) is 32.7 Å². The molecule has 0 bridgehead atoms. The number of thiazole rings is 1. The third kappa shape index (κ3) is 4.31. The SMILES string of the molecule is CCCCCn1nc(C(=O)NNC(=O)c2ccc3ncsc3c2)c2ccccc2c1=O. The van der Waals surface area contributed by atoms with E-state index < -0.39 is 11.8 Å². The van der Waals surface area contributed by atoms with Gasteiger partial charge in [0.05, 0.1) is 21.1 Å². The highest BCUT2D eigenvalue weighted by Crippen LogP contribution is 2.19. The van der Waals surface area contributed by atoms with Crippen molar-refractivity contribution in [1.29, 1.82) is 0 Å². The number of hydrogen-bond donors (Lipinski definition) is 2. The number of unbranched alkanes of at least 4 members (excludes halogenated alkanes) is 2. The Bertz CT molecular complexity index is 1330. The lowest BCUT2D eigenvalue weighted by Crippen LogP contribution is -2.42. The van der Waals surface area contributed by atoms with Crippen molar-refractivity contribution >= 4 is 44.1 Å². The zero-order chi connectivity index (χ0) is 21.8. The van der Waals surface area contributed by atoms with E-state index in [-0.39, 0.29) is 11.3 Å². The average Bonchev–Trinajstić information content (AvgIpc) is 3.27. The number of carbonyl (C=O) groups excluding carboxylic acids is 2. The number of carbonyl (C=O) groups is 2. The summed E-state index contributed by atoms with van der Waals surface area (Å²) in [5, 5.41) is 5.15. The Kier molecular flexibility index (Phi) is 6.03. The number of nitrogens with zero attached hydrogens (tertiary/aromatic N) is 3. The van der Waals surface area contributed by atoms with Crippen molar-refractivity contribution in [3.63, 3.8) is 0 Å². The zero-order valence-corrected chi connectivity index (χ0v) is 17.7. The monoisotopic (exact) mass is 435 g/mol. The first-order chi connectivity index (χ1) is 15.1. The van der Waals surface area contributed by atoms with Crippen molar-refractivity contribution in [2.24, 2.45) is 0 Å². The van der Waals surface area contributed by atoms with Gasteiger partial charge >= 0.3 is 0 Å². The fraction of sp³-hybridized carbons (Fsp3) is 0.227. The zero-order valence-electron chi connectivity index (χ0n) is 16.9. The molecule has 2 aromatic heterocycles. The summed E-state index contributed by atoms with van der Waals surface area (Å²) in [7, 11) is 0. The molecule has 9 heteroatoms. The molecule has 0 spiro atoms. The summed E-state index contributed by atoms with van der Waals surface area (Å²) >= 11 is 1.43. The Balaban J connectivity index is 1.56. The Morgan fingerprint density at radius 2 is 1.81 bits per heavy atom. The number of fused-ring (bicyclic) bond motifs is 2. The second kappa shape index (κ2) is 9.05. The summed E-state index contributed by atoms with van der Waals surface area (Å²) in [5.74, 6) is -1.04. The number of nitrogens with one attached hydrogen (secondary N) is 2. The Labute approximate surface area is 181 Å². The summed E-state index contributed by atoms with van der Waals surface area (Å²) in [6.45, 7) is 2.50. The number of amides is 2. The molecule has 2 amide bonds. The number of hydrogen-bond acceptors (Lipinski definition) is 6. The molecular formula is C22H21N5O3S. The van der Waals surface area contributed by atoms with E-state index in [4.69, 9.17) is 0 Å². The molecule has 4 rings (SSSR count). The van der Waals surface area contributed by atoms with Gasteiger partial charge in [-0.3, -0.25) is 25.2 Å². The van der Waals surface area contributed by atoms with Gasteiger partial charge in [-0.15, -0.1) is 11.3 Å². The van der Waals surface area contributed by atoms with Crippen LogP contribution in [0.4, 0.5) is 0 Å². The van der Waals surface area contributed by atoms with Crippen LogP contribution in [0.5, 0.6) is 0 Å². The number of benzene rings is 2. The summed E-state index contributed by atoms with van der Waals surface area (Å²) in [5.41, 5.74) is 7.62. The molecule has 2 heterocycles. The molecule has 0 saturated heterocycles. The van der Waals surface area contributed by atoms with Crippen molar-refractivity contribution in [3.05, 3.63) is 69.6 Å². The van der Waals surface area contributed by atoms with E-state index >= 15 is 0 Å². The van der Waals surface area contributed by atoms with Crippen molar-refractivity contribution in [1.82, 2.24) is 25.6 Å². The maximum absolute atomic E-state index is 12.8. The Morgan fingerprint density at radius 1 is 1.03 bits per heavy atom. The highest BCUT2D eigenvalue weighted by atomic mass is 32.1. The maximum atomic E-state index is 12.8. The van der Waals surface area contributed by atoms with Crippen LogP contribution in [0.25, 0.3) is 21.0 Å². The molecule has 0 aliphatic rings.